The van der Waals surface area contributed by atoms with Crippen LogP contribution in [-0.4, -0.2) is 28.7 Å². The minimum absolute atomic E-state index is 0. The van der Waals surface area contributed by atoms with E-state index in [1.54, 1.807) is 0 Å². The van der Waals surface area contributed by atoms with Crippen molar-refractivity contribution in [3.05, 3.63) is 218 Å². The van der Waals surface area contributed by atoms with E-state index in [-0.39, 0.29) is 7.43 Å². The van der Waals surface area contributed by atoms with Gasteiger partial charge in [0, 0.05) is 66.1 Å². The molecule has 0 saturated heterocycles. The molecule has 0 bridgehead atoms. The number of hydrogen-bond donors (Lipinski definition) is 0. The maximum Gasteiger partial charge on any atom is 0.164 e. The average Bonchev–Trinajstić information content (AvgIpc) is 4.00. The highest BCUT2D eigenvalue weighted by atomic mass is 15.0. The van der Waals surface area contributed by atoms with Gasteiger partial charge in [0.15, 0.2) is 17.5 Å². The molecule has 0 spiro atoms. The van der Waals surface area contributed by atoms with Gasteiger partial charge < -0.3 is 13.7 Å². The second kappa shape index (κ2) is 14.8. The highest BCUT2D eigenvalue weighted by molar-refractivity contribution is 6.29. The van der Waals surface area contributed by atoms with Crippen molar-refractivity contribution in [3.63, 3.8) is 0 Å². The zero-order valence-electron chi connectivity index (χ0n) is 34.0. The third-order valence-electron chi connectivity index (χ3n) is 12.5. The molecule has 302 valence electrons. The largest absolute Gasteiger partial charge is 0.309 e. The number of nitrogens with zero attached hydrogens (tertiary/aromatic N) is 6. The van der Waals surface area contributed by atoms with E-state index >= 15 is 0 Å². The predicted molar refractivity (Wildman–Crippen MR) is 266 cm³/mol. The minimum Gasteiger partial charge on any atom is -0.309 e. The van der Waals surface area contributed by atoms with E-state index in [4.69, 9.17) is 15.0 Å². The van der Waals surface area contributed by atoms with Crippen molar-refractivity contribution >= 4 is 65.4 Å². The highest BCUT2D eigenvalue weighted by Crippen LogP contribution is 2.43. The fraction of sp³-hybridized carbons (Fsp3) is 0.0172. The van der Waals surface area contributed by atoms with Gasteiger partial charge >= 0.3 is 0 Å². The zero-order valence-corrected chi connectivity index (χ0v) is 34.0. The first kappa shape index (κ1) is 37.2. The summed E-state index contributed by atoms with van der Waals surface area (Å²) in [5.41, 5.74) is 13.2. The molecule has 0 aliphatic heterocycles. The topological polar surface area (TPSA) is 53.5 Å². The van der Waals surface area contributed by atoms with E-state index in [0.29, 0.717) is 17.5 Å². The van der Waals surface area contributed by atoms with Crippen molar-refractivity contribution in [1.29, 1.82) is 0 Å². The van der Waals surface area contributed by atoms with Gasteiger partial charge in [-0.25, -0.2) is 15.0 Å². The Kier molecular flexibility index (Phi) is 8.59. The van der Waals surface area contributed by atoms with Gasteiger partial charge in [-0.1, -0.05) is 141 Å². The van der Waals surface area contributed by atoms with Crippen LogP contribution in [0.5, 0.6) is 0 Å². The monoisotopic (exact) mass is 820 g/mol. The third-order valence-corrected chi connectivity index (χ3v) is 12.5. The lowest BCUT2D eigenvalue weighted by Gasteiger charge is -2.11. The molecule has 0 fully saturated rings. The zero-order chi connectivity index (χ0) is 41.4. The molecule has 0 aliphatic rings. The van der Waals surface area contributed by atoms with Gasteiger partial charge in [0.05, 0.1) is 33.1 Å². The van der Waals surface area contributed by atoms with Crippen LogP contribution in [0.15, 0.2) is 218 Å². The highest BCUT2D eigenvalue weighted by Gasteiger charge is 2.22. The molecule has 0 amide bonds. The number of benzene rings is 9. The molecule has 0 aliphatic carbocycles. The Morgan fingerprint density at radius 3 is 1.12 bits per heavy atom. The van der Waals surface area contributed by atoms with Crippen LogP contribution in [0.4, 0.5) is 0 Å². The van der Waals surface area contributed by atoms with Crippen LogP contribution in [0, 0.1) is 0 Å². The molecule has 0 radical (unpaired) electrons. The Hall–Kier alpha value is -8.61. The Morgan fingerprint density at radius 2 is 0.594 bits per heavy atom. The van der Waals surface area contributed by atoms with Gasteiger partial charge in [0.1, 0.15) is 0 Å². The van der Waals surface area contributed by atoms with Gasteiger partial charge in [0.25, 0.3) is 0 Å². The number of aromatic nitrogens is 6. The predicted octanol–water partition coefficient (Wildman–Crippen LogP) is 14.8. The molecule has 0 atom stereocenters. The van der Waals surface area contributed by atoms with Crippen molar-refractivity contribution in [2.75, 3.05) is 0 Å². The fourth-order valence-corrected chi connectivity index (χ4v) is 9.73. The van der Waals surface area contributed by atoms with E-state index in [0.717, 1.165) is 44.8 Å². The first-order chi connectivity index (χ1) is 31.3. The second-order valence-corrected chi connectivity index (χ2v) is 16.0. The van der Waals surface area contributed by atoms with Gasteiger partial charge in [-0.05, 0) is 84.9 Å². The number of rotatable bonds is 6. The molecule has 6 heteroatoms. The summed E-state index contributed by atoms with van der Waals surface area (Å²) < 4.78 is 7.21. The van der Waals surface area contributed by atoms with Gasteiger partial charge in [-0.2, -0.15) is 0 Å². The third kappa shape index (κ3) is 5.70. The molecule has 4 aromatic heterocycles. The summed E-state index contributed by atoms with van der Waals surface area (Å²) >= 11 is 0. The van der Waals surface area contributed by atoms with Gasteiger partial charge in [0.2, 0.25) is 0 Å². The van der Waals surface area contributed by atoms with Crippen LogP contribution in [0.2, 0.25) is 0 Å². The smallest absolute Gasteiger partial charge is 0.164 e. The Labute approximate surface area is 369 Å². The second-order valence-electron chi connectivity index (χ2n) is 16.0. The van der Waals surface area contributed by atoms with E-state index < -0.39 is 0 Å². The lowest BCUT2D eigenvalue weighted by Crippen LogP contribution is -2.00. The summed E-state index contributed by atoms with van der Waals surface area (Å²) in [6.07, 6.45) is 0. The minimum atomic E-state index is 0. The molecule has 0 N–H and O–H groups in total. The number of hydrogen-bond acceptors (Lipinski definition) is 3. The van der Waals surface area contributed by atoms with E-state index in [1.807, 2.05) is 60.7 Å². The summed E-state index contributed by atoms with van der Waals surface area (Å²) in [5.74, 6) is 1.93. The first-order valence-corrected chi connectivity index (χ1v) is 21.3. The molecule has 64 heavy (non-hydrogen) atoms. The normalized spacial score (nSPS) is 11.6. The number of fused-ring (bicyclic) bond motifs is 10. The van der Waals surface area contributed by atoms with E-state index in [2.05, 4.69) is 171 Å². The summed E-state index contributed by atoms with van der Waals surface area (Å²) in [4.78, 5) is 14.9. The molecule has 9 aromatic carbocycles. The summed E-state index contributed by atoms with van der Waals surface area (Å²) in [6, 6.07) is 77.4. The lowest BCUT2D eigenvalue weighted by atomic mass is 10.1. The Bertz CT molecular complexity index is 3820. The van der Waals surface area contributed by atoms with Crippen LogP contribution in [0.3, 0.4) is 0 Å². The van der Waals surface area contributed by atoms with Gasteiger partial charge in [-0.15, -0.1) is 0 Å². The van der Waals surface area contributed by atoms with E-state index in [9.17, 15) is 0 Å². The summed E-state index contributed by atoms with van der Waals surface area (Å²) in [7, 11) is 0. The van der Waals surface area contributed by atoms with Crippen LogP contribution < -0.4 is 0 Å². The maximum atomic E-state index is 5.00. The lowest BCUT2D eigenvalue weighted by molar-refractivity contribution is 1.07. The molecule has 13 aromatic rings. The van der Waals surface area contributed by atoms with E-state index in [1.165, 1.54) is 54.4 Å². The Morgan fingerprint density at radius 1 is 0.250 bits per heavy atom. The summed E-state index contributed by atoms with van der Waals surface area (Å²) in [5, 5.41) is 7.38. The number of para-hydroxylation sites is 4. The molecule has 0 unspecified atom stereocenters. The van der Waals surface area contributed by atoms with Crippen LogP contribution in [0.1, 0.15) is 7.43 Å². The van der Waals surface area contributed by atoms with Crippen molar-refractivity contribution in [2.45, 2.75) is 7.43 Å². The van der Waals surface area contributed by atoms with Crippen LogP contribution >= 0.6 is 0 Å². The van der Waals surface area contributed by atoms with Crippen LogP contribution in [-0.2, 0) is 0 Å². The Balaban J connectivity index is 0.00000433. The molecular formula is C58H40N6. The van der Waals surface area contributed by atoms with Crippen LogP contribution in [0.25, 0.3) is 117 Å². The van der Waals surface area contributed by atoms with Crippen molar-refractivity contribution < 1.29 is 0 Å². The standard InChI is InChI=1S/C57H36N6.CH4/c1-4-16-37(17-5-1)55-58-56(38-18-6-2-7-19-38)60-57(59-55)39-28-30-41(31-29-39)62-48-26-14-11-23-44(48)53-51(62)34-35-52-54(53)45-24-12-15-27-49(45)63(52)42-32-33-50-46(36-42)43-22-10-13-25-47(43)61(50)40-20-8-3-9-21-40;/h1-36H;1H4. The maximum absolute atomic E-state index is 5.00. The van der Waals surface area contributed by atoms with Gasteiger partial charge in [-0.3, -0.25) is 0 Å². The van der Waals surface area contributed by atoms with Crippen molar-refractivity contribution in [2.24, 2.45) is 0 Å². The molecule has 13 rings (SSSR count). The molecule has 0 saturated carbocycles. The SMILES string of the molecule is C.c1ccc(-c2nc(-c3ccccc3)nc(-c3ccc(-n4c5ccccc5c5c6c7ccccc7n(-c7ccc8c(c7)c7ccccc7n8-c7ccccc7)c6ccc54)cc3)n2)cc1. The molecular weight excluding hydrogens is 781 g/mol. The van der Waals surface area contributed by atoms with Crippen molar-refractivity contribution in [3.8, 4) is 51.2 Å². The fourth-order valence-electron chi connectivity index (χ4n) is 9.73. The first-order valence-electron chi connectivity index (χ1n) is 21.3. The average molecular weight is 821 g/mol. The summed E-state index contributed by atoms with van der Waals surface area (Å²) in [6.45, 7) is 0. The van der Waals surface area contributed by atoms with Crippen molar-refractivity contribution in [1.82, 2.24) is 28.7 Å². The quantitative estimate of drug-likeness (QED) is 0.168. The molecule has 6 nitrogen and oxygen atoms in total. The molecule has 4 heterocycles.